The van der Waals surface area contributed by atoms with Gasteiger partial charge >= 0.3 is 5.97 Å². The van der Waals surface area contributed by atoms with Crippen molar-refractivity contribution >= 4 is 97.2 Å². The lowest BCUT2D eigenvalue weighted by atomic mass is 10.1. The van der Waals surface area contributed by atoms with Crippen LogP contribution in [0.15, 0.2) is 0 Å². The zero-order chi connectivity index (χ0) is 33.3. The van der Waals surface area contributed by atoms with E-state index in [1.165, 1.54) is 74.7 Å². The SMILES string of the molecule is [2H]C([2H])(O)C(NC(=O)c1c(I)c(NC(=O)[C@H](C)OC(C)=O)c(I)c(C(=O)NC(C([2H])([2H])O)C([2H])([2H])O)c1I)C([2H])([2H])O. The van der Waals surface area contributed by atoms with E-state index in [1.807, 2.05) is 0 Å². The van der Waals surface area contributed by atoms with E-state index in [0.29, 0.717) is 0 Å². The Kier molecular flexibility index (Phi) is 8.70. The molecule has 0 bridgehead atoms. The van der Waals surface area contributed by atoms with Gasteiger partial charge in [-0.3, -0.25) is 19.2 Å². The van der Waals surface area contributed by atoms with Gasteiger partial charge in [-0.1, -0.05) is 0 Å². The minimum atomic E-state index is -3.52. The Labute approximate surface area is 247 Å². The van der Waals surface area contributed by atoms with Crippen molar-refractivity contribution in [1.82, 2.24) is 10.6 Å². The molecule has 1 rings (SSSR count). The van der Waals surface area contributed by atoms with Gasteiger partial charge < -0.3 is 41.1 Å². The number of rotatable bonds is 11. The van der Waals surface area contributed by atoms with E-state index in [-0.39, 0.29) is 16.4 Å². The van der Waals surface area contributed by atoms with Gasteiger partial charge in [-0.05, 0) is 74.7 Å². The number of hydrogen-bond acceptors (Lipinski definition) is 9. The molecule has 0 aliphatic heterocycles. The highest BCUT2D eigenvalue weighted by Crippen LogP contribution is 2.36. The second kappa shape index (κ2) is 14.6. The van der Waals surface area contributed by atoms with Crippen LogP contribution in [0.1, 0.15) is 45.5 Å². The normalized spacial score (nSPS) is 17.0. The fourth-order valence-corrected chi connectivity index (χ4v) is 6.71. The van der Waals surface area contributed by atoms with E-state index in [4.69, 9.17) is 15.7 Å². The molecule has 3 amide bonds. The summed E-state index contributed by atoms with van der Waals surface area (Å²) in [6.07, 6.45) is -1.40. The second-order valence-corrected chi connectivity index (χ2v) is 9.37. The molecule has 0 aliphatic carbocycles. The summed E-state index contributed by atoms with van der Waals surface area (Å²) in [6, 6.07) is -5.18. The van der Waals surface area contributed by atoms with Crippen molar-refractivity contribution in [2.45, 2.75) is 32.0 Å². The monoisotopic (exact) mass is 827 g/mol. The first-order valence-corrected chi connectivity index (χ1v) is 12.1. The molecule has 0 unspecified atom stereocenters. The molecule has 1 aromatic rings. The van der Waals surface area contributed by atoms with Crippen molar-refractivity contribution in [3.63, 3.8) is 0 Å². The van der Waals surface area contributed by atoms with Crippen molar-refractivity contribution in [2.24, 2.45) is 0 Å². The Balaban J connectivity index is 3.94. The van der Waals surface area contributed by atoms with Crippen LogP contribution in [0.25, 0.3) is 0 Å². The third kappa shape index (κ3) is 8.08. The first-order chi connectivity index (χ1) is 18.6. The number of nitrogens with one attached hydrogen (secondary N) is 3. The summed E-state index contributed by atoms with van der Waals surface area (Å²) in [6.45, 7) is -11.8. The Morgan fingerprint density at radius 1 is 0.853 bits per heavy atom. The quantitative estimate of drug-likeness (QED) is 0.114. The lowest BCUT2D eigenvalue weighted by molar-refractivity contribution is -0.150. The van der Waals surface area contributed by atoms with Gasteiger partial charge in [-0.15, -0.1) is 0 Å². The first kappa shape index (κ1) is 20.2. The number of ether oxygens (including phenoxy) is 1. The Hall–Kier alpha value is -0.870. The molecule has 12 nitrogen and oxygen atoms in total. The van der Waals surface area contributed by atoms with Gasteiger partial charge in [-0.25, -0.2) is 0 Å². The Bertz CT molecular complexity index is 1150. The van der Waals surface area contributed by atoms with Crippen LogP contribution in [-0.2, 0) is 14.3 Å². The Morgan fingerprint density at radius 3 is 1.56 bits per heavy atom. The van der Waals surface area contributed by atoms with E-state index in [0.717, 1.165) is 6.92 Å². The molecule has 34 heavy (non-hydrogen) atoms. The molecule has 0 fully saturated rings. The van der Waals surface area contributed by atoms with Crippen molar-refractivity contribution in [2.75, 3.05) is 31.6 Å². The van der Waals surface area contributed by atoms with Crippen LogP contribution in [0.2, 0.25) is 0 Å². The average Bonchev–Trinajstić information content (AvgIpc) is 2.75. The number of esters is 1. The van der Waals surface area contributed by atoms with E-state index in [2.05, 4.69) is 5.32 Å². The number of hydrogen-bond donors (Lipinski definition) is 7. The summed E-state index contributed by atoms with van der Waals surface area (Å²) >= 11 is 4.51. The summed E-state index contributed by atoms with van der Waals surface area (Å²) in [5.74, 6) is -4.56. The molecule has 0 saturated carbocycles. The molecule has 0 heterocycles. The van der Waals surface area contributed by atoms with Gasteiger partial charge in [0.2, 0.25) is 0 Å². The predicted octanol–water partition coefficient (Wildman–Crippen LogP) is -0.444. The number of anilines is 1. The van der Waals surface area contributed by atoms with Crippen molar-refractivity contribution in [3.05, 3.63) is 21.8 Å². The highest BCUT2D eigenvalue weighted by atomic mass is 127. The van der Waals surface area contributed by atoms with Crippen LogP contribution in [0, 0.1) is 10.7 Å². The lowest BCUT2D eigenvalue weighted by Crippen LogP contribution is -2.42. The standard InChI is InChI=1S/C19H24I3N3O9/c1-7(34-8(2)30)17(31)25-16-14(21)11(18(32)23-9(3-26)4-27)13(20)12(15(16)22)19(33)24-10(5-28)6-29/h7,9-10,26-29H,3-6H2,1-2H3,(H,23,32)(H,24,33)(H,25,31)/t7-/m0/s1/i3D2,4D2,5D2,6D2. The van der Waals surface area contributed by atoms with Crippen LogP contribution >= 0.6 is 67.8 Å². The van der Waals surface area contributed by atoms with E-state index in [9.17, 15) is 39.6 Å². The van der Waals surface area contributed by atoms with Gasteiger partial charge in [-0.2, -0.15) is 0 Å². The van der Waals surface area contributed by atoms with E-state index >= 15 is 0 Å². The largest absolute Gasteiger partial charge is 0.453 e. The van der Waals surface area contributed by atoms with Crippen LogP contribution in [0.5, 0.6) is 0 Å². The smallest absolute Gasteiger partial charge is 0.303 e. The van der Waals surface area contributed by atoms with E-state index in [1.54, 1.807) is 10.6 Å². The predicted molar refractivity (Wildman–Crippen MR) is 145 cm³/mol. The van der Waals surface area contributed by atoms with Crippen LogP contribution in [0.4, 0.5) is 5.69 Å². The van der Waals surface area contributed by atoms with Crippen LogP contribution < -0.4 is 16.0 Å². The van der Waals surface area contributed by atoms with Gasteiger partial charge in [0.15, 0.2) is 6.10 Å². The number of benzene rings is 1. The third-order valence-electron chi connectivity index (χ3n) is 3.80. The number of carbonyl (C=O) groups excluding carboxylic acids is 4. The third-order valence-corrected chi connectivity index (χ3v) is 7.03. The summed E-state index contributed by atoms with van der Waals surface area (Å²) < 4.78 is 63.4. The molecule has 190 valence electrons. The maximum atomic E-state index is 13.3. The number of carbonyl (C=O) groups is 4. The fraction of sp³-hybridized carbons (Fsp3) is 0.474. The zero-order valence-corrected chi connectivity index (χ0v) is 23.7. The summed E-state index contributed by atoms with van der Waals surface area (Å²) in [7, 11) is 0. The highest BCUT2D eigenvalue weighted by Gasteiger charge is 2.31. The second-order valence-electron chi connectivity index (χ2n) is 6.14. The Morgan fingerprint density at radius 2 is 1.24 bits per heavy atom. The van der Waals surface area contributed by atoms with Crippen molar-refractivity contribution in [1.29, 1.82) is 0 Å². The van der Waals surface area contributed by atoms with Crippen LogP contribution in [-0.4, -0.2) is 88.5 Å². The molecular weight excluding hydrogens is 795 g/mol. The summed E-state index contributed by atoms with van der Waals surface area (Å²) in [5.41, 5.74) is -1.43. The first-order valence-electron chi connectivity index (χ1n) is 12.8. The maximum Gasteiger partial charge on any atom is 0.303 e. The van der Waals surface area contributed by atoms with Gasteiger partial charge in [0.1, 0.15) is 0 Å². The molecular formula is C19H24I3N3O9. The molecule has 15 heteroatoms. The molecule has 1 atom stereocenters. The van der Waals surface area contributed by atoms with Crippen LogP contribution in [0.3, 0.4) is 0 Å². The molecule has 1 aromatic carbocycles. The summed E-state index contributed by atoms with van der Waals surface area (Å²) in [5, 5.41) is 44.8. The minimum absolute atomic E-state index is 0.166. The van der Waals surface area contributed by atoms with Crippen molar-refractivity contribution < 1.29 is 55.3 Å². The number of halogens is 3. The summed E-state index contributed by atoms with van der Waals surface area (Å²) in [4.78, 5) is 50.7. The van der Waals surface area contributed by atoms with Gasteiger partial charge in [0.25, 0.3) is 17.7 Å². The lowest BCUT2D eigenvalue weighted by Gasteiger charge is -2.22. The molecule has 0 saturated heterocycles. The molecule has 0 aliphatic rings. The average molecular weight is 827 g/mol. The van der Waals surface area contributed by atoms with Gasteiger partial charge in [0, 0.05) is 10.5 Å². The molecule has 0 aromatic heterocycles. The topological polar surface area (TPSA) is 195 Å². The molecule has 7 N–H and O–H groups in total. The zero-order valence-electron chi connectivity index (χ0n) is 25.2. The van der Waals surface area contributed by atoms with Crippen molar-refractivity contribution in [3.8, 4) is 0 Å². The number of amides is 3. The highest BCUT2D eigenvalue weighted by molar-refractivity contribution is 14.1. The van der Waals surface area contributed by atoms with E-state index < -0.39 is 79.2 Å². The number of aliphatic hydroxyl groups is 4. The van der Waals surface area contributed by atoms with Gasteiger partial charge in [0.05, 0.1) is 73.2 Å². The molecule has 0 radical (unpaired) electrons. The maximum absolute atomic E-state index is 13.3. The fourth-order valence-electron chi connectivity index (χ4n) is 2.29. The minimum Gasteiger partial charge on any atom is -0.453 e. The molecule has 0 spiro atoms.